The standard InChI is InChI=1S/C16H27N3O2/c1-13(2)19(11-14-5-7-17-8-6-14)12-16(20)18-10-15-4-3-9-21-15/h3-4,9,13-14,17H,5-8,10-12H2,1-2H3,(H,18,20). The third-order valence-electron chi connectivity index (χ3n) is 4.07. The number of hydrogen-bond donors (Lipinski definition) is 2. The van der Waals surface area contributed by atoms with Crippen molar-refractivity contribution in [2.24, 2.45) is 5.92 Å². The maximum Gasteiger partial charge on any atom is 0.234 e. The van der Waals surface area contributed by atoms with E-state index < -0.39 is 0 Å². The number of furan rings is 1. The van der Waals surface area contributed by atoms with Crippen molar-refractivity contribution in [2.45, 2.75) is 39.3 Å². The van der Waals surface area contributed by atoms with E-state index in [1.165, 1.54) is 12.8 Å². The van der Waals surface area contributed by atoms with E-state index in [1.54, 1.807) is 6.26 Å². The molecule has 5 heteroatoms. The van der Waals surface area contributed by atoms with Crippen molar-refractivity contribution in [1.29, 1.82) is 0 Å². The first kappa shape index (κ1) is 16.0. The number of rotatable bonds is 7. The first-order valence-corrected chi connectivity index (χ1v) is 7.89. The highest BCUT2D eigenvalue weighted by molar-refractivity contribution is 5.77. The predicted molar refractivity (Wildman–Crippen MR) is 82.9 cm³/mol. The Bertz CT molecular complexity index is 411. The zero-order valence-corrected chi connectivity index (χ0v) is 13.1. The number of piperidine rings is 1. The molecule has 0 spiro atoms. The third-order valence-corrected chi connectivity index (χ3v) is 4.07. The minimum atomic E-state index is 0.0639. The molecule has 1 aliphatic rings. The number of nitrogens with zero attached hydrogens (tertiary/aromatic N) is 1. The fourth-order valence-electron chi connectivity index (χ4n) is 2.69. The second-order valence-electron chi connectivity index (χ2n) is 6.07. The van der Waals surface area contributed by atoms with Gasteiger partial charge in [-0.15, -0.1) is 0 Å². The molecule has 2 heterocycles. The normalized spacial score (nSPS) is 16.6. The molecule has 0 saturated carbocycles. The molecule has 2 rings (SSSR count). The van der Waals surface area contributed by atoms with Crippen molar-refractivity contribution in [2.75, 3.05) is 26.2 Å². The molecule has 1 aromatic heterocycles. The molecule has 0 bridgehead atoms. The van der Waals surface area contributed by atoms with E-state index in [-0.39, 0.29) is 5.91 Å². The number of nitrogens with one attached hydrogen (secondary N) is 2. The number of hydrogen-bond acceptors (Lipinski definition) is 4. The first-order chi connectivity index (χ1) is 10.1. The van der Waals surface area contributed by atoms with Crippen LogP contribution in [-0.2, 0) is 11.3 Å². The van der Waals surface area contributed by atoms with E-state index in [4.69, 9.17) is 4.42 Å². The van der Waals surface area contributed by atoms with Crippen LogP contribution >= 0.6 is 0 Å². The summed E-state index contributed by atoms with van der Waals surface area (Å²) in [5, 5.41) is 6.31. The smallest absolute Gasteiger partial charge is 0.234 e. The molecule has 1 aromatic rings. The molecule has 1 fully saturated rings. The van der Waals surface area contributed by atoms with Crippen LogP contribution in [0.15, 0.2) is 22.8 Å². The third kappa shape index (κ3) is 5.52. The zero-order chi connectivity index (χ0) is 15.1. The van der Waals surface area contributed by atoms with Crippen molar-refractivity contribution in [1.82, 2.24) is 15.5 Å². The summed E-state index contributed by atoms with van der Waals surface area (Å²) in [5.74, 6) is 1.55. The molecular formula is C16H27N3O2. The van der Waals surface area contributed by atoms with Crippen molar-refractivity contribution >= 4 is 5.91 Å². The van der Waals surface area contributed by atoms with Gasteiger partial charge in [-0.2, -0.15) is 0 Å². The maximum atomic E-state index is 12.1. The Morgan fingerprint density at radius 1 is 1.48 bits per heavy atom. The minimum Gasteiger partial charge on any atom is -0.467 e. The van der Waals surface area contributed by atoms with Gasteiger partial charge in [0.05, 0.1) is 19.4 Å². The van der Waals surface area contributed by atoms with Gasteiger partial charge in [0.15, 0.2) is 0 Å². The average Bonchev–Trinajstić information content (AvgIpc) is 2.99. The van der Waals surface area contributed by atoms with E-state index in [2.05, 4.69) is 29.4 Å². The molecule has 5 nitrogen and oxygen atoms in total. The second kappa shape index (κ2) is 8.20. The lowest BCUT2D eigenvalue weighted by molar-refractivity contribution is -0.123. The van der Waals surface area contributed by atoms with Crippen LogP contribution in [0.5, 0.6) is 0 Å². The Balaban J connectivity index is 1.76. The van der Waals surface area contributed by atoms with Crippen molar-refractivity contribution < 1.29 is 9.21 Å². The monoisotopic (exact) mass is 293 g/mol. The molecule has 118 valence electrons. The highest BCUT2D eigenvalue weighted by Crippen LogP contribution is 2.14. The summed E-state index contributed by atoms with van der Waals surface area (Å²) in [6.07, 6.45) is 4.04. The van der Waals surface area contributed by atoms with Gasteiger partial charge in [-0.05, 0) is 57.8 Å². The van der Waals surface area contributed by atoms with Gasteiger partial charge in [-0.3, -0.25) is 9.69 Å². The van der Waals surface area contributed by atoms with E-state index >= 15 is 0 Å². The van der Waals surface area contributed by atoms with E-state index in [9.17, 15) is 4.79 Å². The summed E-state index contributed by atoms with van der Waals surface area (Å²) in [5.41, 5.74) is 0. The summed E-state index contributed by atoms with van der Waals surface area (Å²) < 4.78 is 5.22. The SMILES string of the molecule is CC(C)N(CC(=O)NCc1ccco1)CC1CCNCC1. The molecule has 0 radical (unpaired) electrons. The average molecular weight is 293 g/mol. The molecule has 1 amide bonds. The van der Waals surface area contributed by atoms with Gasteiger partial charge in [-0.25, -0.2) is 0 Å². The van der Waals surface area contributed by atoms with E-state index in [0.717, 1.165) is 25.4 Å². The Hall–Kier alpha value is -1.33. The lowest BCUT2D eigenvalue weighted by atomic mass is 9.97. The first-order valence-electron chi connectivity index (χ1n) is 7.89. The molecule has 0 aromatic carbocycles. The summed E-state index contributed by atoms with van der Waals surface area (Å²) >= 11 is 0. The molecule has 21 heavy (non-hydrogen) atoms. The van der Waals surface area contributed by atoms with Gasteiger partial charge < -0.3 is 15.1 Å². The fraction of sp³-hybridized carbons (Fsp3) is 0.688. The summed E-state index contributed by atoms with van der Waals surface area (Å²) in [4.78, 5) is 14.4. The van der Waals surface area contributed by atoms with Gasteiger partial charge in [0.25, 0.3) is 0 Å². The van der Waals surface area contributed by atoms with Crippen LogP contribution in [0.2, 0.25) is 0 Å². The van der Waals surface area contributed by atoms with Crippen LogP contribution in [0.1, 0.15) is 32.4 Å². The summed E-state index contributed by atoms with van der Waals surface area (Å²) in [6.45, 7) is 8.44. The molecule has 0 aliphatic carbocycles. The zero-order valence-electron chi connectivity index (χ0n) is 13.1. The largest absolute Gasteiger partial charge is 0.467 e. The molecule has 2 N–H and O–H groups in total. The van der Waals surface area contributed by atoms with Crippen LogP contribution in [0.4, 0.5) is 0 Å². The van der Waals surface area contributed by atoms with Crippen molar-refractivity contribution in [3.8, 4) is 0 Å². The quantitative estimate of drug-likeness (QED) is 0.802. The Kier molecular flexibility index (Phi) is 6.26. The van der Waals surface area contributed by atoms with Gasteiger partial charge in [0.1, 0.15) is 5.76 Å². The molecule has 0 atom stereocenters. The second-order valence-corrected chi connectivity index (χ2v) is 6.07. The van der Waals surface area contributed by atoms with Crippen LogP contribution in [0.25, 0.3) is 0 Å². The minimum absolute atomic E-state index is 0.0639. The van der Waals surface area contributed by atoms with Gasteiger partial charge in [0.2, 0.25) is 5.91 Å². The number of carbonyl (C=O) groups is 1. The van der Waals surface area contributed by atoms with Gasteiger partial charge in [-0.1, -0.05) is 0 Å². The number of carbonyl (C=O) groups excluding carboxylic acids is 1. The lowest BCUT2D eigenvalue weighted by Gasteiger charge is -2.32. The van der Waals surface area contributed by atoms with Gasteiger partial charge in [0, 0.05) is 12.6 Å². The molecule has 1 aliphatic heterocycles. The fourth-order valence-corrected chi connectivity index (χ4v) is 2.69. The Morgan fingerprint density at radius 2 is 2.24 bits per heavy atom. The predicted octanol–water partition coefficient (Wildman–Crippen LogP) is 1.61. The van der Waals surface area contributed by atoms with E-state index in [0.29, 0.717) is 25.0 Å². The van der Waals surface area contributed by atoms with Crippen LogP contribution in [0, 0.1) is 5.92 Å². The summed E-state index contributed by atoms with van der Waals surface area (Å²) in [6, 6.07) is 4.09. The van der Waals surface area contributed by atoms with Crippen LogP contribution in [0.3, 0.4) is 0 Å². The van der Waals surface area contributed by atoms with Crippen molar-refractivity contribution in [3.63, 3.8) is 0 Å². The van der Waals surface area contributed by atoms with E-state index in [1.807, 2.05) is 12.1 Å². The highest BCUT2D eigenvalue weighted by Gasteiger charge is 2.20. The Morgan fingerprint density at radius 3 is 2.86 bits per heavy atom. The number of amides is 1. The molecule has 0 unspecified atom stereocenters. The lowest BCUT2D eigenvalue weighted by Crippen LogP contribution is -2.44. The summed E-state index contributed by atoms with van der Waals surface area (Å²) in [7, 11) is 0. The van der Waals surface area contributed by atoms with Crippen LogP contribution < -0.4 is 10.6 Å². The Labute approximate surface area is 127 Å². The maximum absolute atomic E-state index is 12.1. The van der Waals surface area contributed by atoms with Gasteiger partial charge >= 0.3 is 0 Å². The van der Waals surface area contributed by atoms with Crippen molar-refractivity contribution in [3.05, 3.63) is 24.2 Å². The topological polar surface area (TPSA) is 57.5 Å². The van der Waals surface area contributed by atoms with Crippen LogP contribution in [-0.4, -0.2) is 43.0 Å². The molecule has 1 saturated heterocycles. The molecular weight excluding hydrogens is 266 g/mol. The highest BCUT2D eigenvalue weighted by atomic mass is 16.3.